The number of amides is 1. The van der Waals surface area contributed by atoms with Crippen molar-refractivity contribution in [2.45, 2.75) is 30.7 Å². The lowest BCUT2D eigenvalue weighted by molar-refractivity contribution is -0.126. The van der Waals surface area contributed by atoms with Crippen LogP contribution in [0.25, 0.3) is 5.69 Å². The number of aryl methyl sites for hydroxylation is 2. The van der Waals surface area contributed by atoms with E-state index in [9.17, 15) is 4.79 Å². The highest BCUT2D eigenvalue weighted by Gasteiger charge is 2.31. The van der Waals surface area contributed by atoms with Crippen LogP contribution in [0.2, 0.25) is 0 Å². The zero-order valence-electron chi connectivity index (χ0n) is 12.4. The van der Waals surface area contributed by atoms with Crippen LogP contribution in [0.5, 0.6) is 0 Å². The van der Waals surface area contributed by atoms with Gasteiger partial charge in [-0.2, -0.15) is 0 Å². The predicted molar refractivity (Wildman–Crippen MR) is 82.7 cm³/mol. The van der Waals surface area contributed by atoms with E-state index < -0.39 is 0 Å². The minimum absolute atomic E-state index is 0.0543. The number of para-hydroxylation sites is 1. The van der Waals surface area contributed by atoms with Crippen molar-refractivity contribution in [2.75, 3.05) is 13.6 Å². The van der Waals surface area contributed by atoms with Crippen molar-refractivity contribution in [1.82, 2.24) is 19.7 Å². The number of carbonyl (C=O) groups is 1. The van der Waals surface area contributed by atoms with Gasteiger partial charge in [0.15, 0.2) is 5.16 Å². The van der Waals surface area contributed by atoms with E-state index >= 15 is 0 Å². The fourth-order valence-electron chi connectivity index (χ4n) is 2.54. The van der Waals surface area contributed by atoms with Gasteiger partial charge in [0.1, 0.15) is 5.82 Å². The summed E-state index contributed by atoms with van der Waals surface area (Å²) >= 11 is 1.51. The van der Waals surface area contributed by atoms with Gasteiger partial charge in [0.05, 0.1) is 10.9 Å². The zero-order valence-corrected chi connectivity index (χ0v) is 13.2. The molecule has 3 rings (SSSR count). The van der Waals surface area contributed by atoms with Gasteiger partial charge >= 0.3 is 0 Å². The zero-order chi connectivity index (χ0) is 15.0. The van der Waals surface area contributed by atoms with E-state index in [1.54, 1.807) is 4.90 Å². The predicted octanol–water partition coefficient (Wildman–Crippen LogP) is 2.21. The summed E-state index contributed by atoms with van der Waals surface area (Å²) in [5.41, 5.74) is 2.23. The average molecular weight is 302 g/mol. The monoisotopic (exact) mass is 302 g/mol. The molecule has 1 aliphatic rings. The van der Waals surface area contributed by atoms with E-state index in [1.807, 2.05) is 30.7 Å². The van der Waals surface area contributed by atoms with E-state index in [-0.39, 0.29) is 11.2 Å². The van der Waals surface area contributed by atoms with Gasteiger partial charge in [-0.3, -0.25) is 9.36 Å². The number of hydrogen-bond donors (Lipinski definition) is 0. The first-order valence-corrected chi connectivity index (χ1v) is 7.85. The number of rotatable bonds is 3. The quantitative estimate of drug-likeness (QED) is 0.872. The number of nitrogens with zero attached hydrogens (tertiary/aromatic N) is 4. The molecule has 0 N–H and O–H groups in total. The Morgan fingerprint density at radius 2 is 2.00 bits per heavy atom. The summed E-state index contributed by atoms with van der Waals surface area (Å²) in [4.78, 5) is 13.9. The molecule has 0 saturated carbocycles. The molecule has 6 heteroatoms. The highest BCUT2D eigenvalue weighted by molar-refractivity contribution is 8.00. The molecule has 1 aliphatic heterocycles. The summed E-state index contributed by atoms with van der Waals surface area (Å²) in [5.74, 6) is 1.02. The van der Waals surface area contributed by atoms with Crippen LogP contribution >= 0.6 is 11.8 Å². The summed E-state index contributed by atoms with van der Waals surface area (Å²) in [5, 5.41) is 9.18. The highest BCUT2D eigenvalue weighted by atomic mass is 32.2. The lowest BCUT2D eigenvalue weighted by atomic mass is 10.2. The summed E-state index contributed by atoms with van der Waals surface area (Å²) < 4.78 is 2.03. The molecule has 2 heterocycles. The molecule has 1 atom stereocenters. The molecule has 110 valence electrons. The molecule has 1 aromatic carbocycles. The Kier molecular flexibility index (Phi) is 3.71. The second-order valence-electron chi connectivity index (χ2n) is 5.31. The molecule has 1 unspecified atom stereocenters. The van der Waals surface area contributed by atoms with Gasteiger partial charge in [0.25, 0.3) is 0 Å². The fraction of sp³-hybridized carbons (Fsp3) is 0.400. The first-order valence-electron chi connectivity index (χ1n) is 6.97. The molecule has 0 aliphatic carbocycles. The normalized spacial score (nSPS) is 18.5. The maximum atomic E-state index is 12.1. The van der Waals surface area contributed by atoms with E-state index in [0.717, 1.165) is 35.2 Å². The van der Waals surface area contributed by atoms with Gasteiger partial charge in [-0.05, 0) is 31.9 Å². The molecule has 0 spiro atoms. The van der Waals surface area contributed by atoms with Crippen molar-refractivity contribution >= 4 is 17.7 Å². The largest absolute Gasteiger partial charge is 0.345 e. The van der Waals surface area contributed by atoms with E-state index in [0.29, 0.717) is 0 Å². The van der Waals surface area contributed by atoms with Crippen LogP contribution in [0.1, 0.15) is 17.8 Å². The molecule has 2 aromatic rings. The molecule has 1 fully saturated rings. The van der Waals surface area contributed by atoms with Crippen LogP contribution in [0.4, 0.5) is 0 Å². The summed E-state index contributed by atoms with van der Waals surface area (Å²) in [7, 11) is 1.85. The van der Waals surface area contributed by atoms with Gasteiger partial charge in [0.2, 0.25) is 5.91 Å². The average Bonchev–Trinajstić information content (AvgIpc) is 2.98. The van der Waals surface area contributed by atoms with Crippen LogP contribution in [0.15, 0.2) is 29.4 Å². The second kappa shape index (κ2) is 5.52. The Bertz CT molecular complexity index is 682. The number of carbonyl (C=O) groups excluding carboxylic acids is 1. The lowest BCUT2D eigenvalue weighted by Gasteiger charge is -2.13. The van der Waals surface area contributed by atoms with Crippen molar-refractivity contribution in [1.29, 1.82) is 0 Å². The first-order chi connectivity index (χ1) is 10.1. The Morgan fingerprint density at radius 1 is 1.24 bits per heavy atom. The summed E-state index contributed by atoms with van der Waals surface area (Å²) in [6.45, 7) is 4.82. The van der Waals surface area contributed by atoms with Crippen LogP contribution in [-0.2, 0) is 4.79 Å². The third-order valence-corrected chi connectivity index (χ3v) is 4.97. The van der Waals surface area contributed by atoms with Gasteiger partial charge in [-0.1, -0.05) is 30.0 Å². The van der Waals surface area contributed by atoms with Crippen LogP contribution in [-0.4, -0.2) is 44.4 Å². The number of thioether (sulfide) groups is 1. The van der Waals surface area contributed by atoms with Crippen molar-refractivity contribution in [3.63, 3.8) is 0 Å². The van der Waals surface area contributed by atoms with E-state index in [4.69, 9.17) is 0 Å². The van der Waals surface area contributed by atoms with E-state index in [2.05, 4.69) is 29.3 Å². The minimum Gasteiger partial charge on any atom is -0.345 e. The van der Waals surface area contributed by atoms with Gasteiger partial charge in [0, 0.05) is 13.6 Å². The van der Waals surface area contributed by atoms with Crippen molar-refractivity contribution in [3.8, 4) is 5.69 Å². The molecule has 1 amide bonds. The Morgan fingerprint density at radius 3 is 2.67 bits per heavy atom. The van der Waals surface area contributed by atoms with Crippen LogP contribution < -0.4 is 0 Å². The van der Waals surface area contributed by atoms with E-state index in [1.165, 1.54) is 11.8 Å². The molecular formula is C15H18N4OS. The molecule has 1 saturated heterocycles. The first kappa shape index (κ1) is 14.1. The van der Waals surface area contributed by atoms with Crippen LogP contribution in [0.3, 0.4) is 0 Å². The van der Waals surface area contributed by atoms with Crippen molar-refractivity contribution in [2.24, 2.45) is 0 Å². The van der Waals surface area contributed by atoms with Gasteiger partial charge in [-0.15, -0.1) is 10.2 Å². The third kappa shape index (κ3) is 2.55. The van der Waals surface area contributed by atoms with Gasteiger partial charge < -0.3 is 4.90 Å². The topological polar surface area (TPSA) is 51.0 Å². The number of aromatic nitrogens is 3. The number of hydrogen-bond acceptors (Lipinski definition) is 4. The third-order valence-electron chi connectivity index (χ3n) is 3.78. The smallest absolute Gasteiger partial charge is 0.235 e. The molecule has 5 nitrogen and oxygen atoms in total. The van der Waals surface area contributed by atoms with Crippen molar-refractivity contribution < 1.29 is 4.79 Å². The Balaban J connectivity index is 1.95. The fourth-order valence-corrected chi connectivity index (χ4v) is 3.72. The van der Waals surface area contributed by atoms with Crippen molar-refractivity contribution in [3.05, 3.63) is 35.7 Å². The SMILES string of the molecule is Cc1ccccc1-n1c(C)nnc1SC1CCN(C)C1=O. The minimum atomic E-state index is -0.0543. The molecule has 0 radical (unpaired) electrons. The number of benzene rings is 1. The highest BCUT2D eigenvalue weighted by Crippen LogP contribution is 2.31. The maximum Gasteiger partial charge on any atom is 0.235 e. The summed E-state index contributed by atoms with van der Waals surface area (Å²) in [6.07, 6.45) is 0.861. The molecule has 21 heavy (non-hydrogen) atoms. The molecule has 0 bridgehead atoms. The lowest BCUT2D eigenvalue weighted by Crippen LogP contribution is -2.24. The standard InChI is InChI=1S/C15H18N4OS/c1-10-6-4-5-7-12(10)19-11(2)16-17-15(19)21-13-8-9-18(3)14(13)20/h4-7,13H,8-9H2,1-3H3. The second-order valence-corrected chi connectivity index (χ2v) is 6.48. The summed E-state index contributed by atoms with van der Waals surface area (Å²) in [6, 6.07) is 8.14. The maximum absolute atomic E-state index is 12.1. The molecule has 1 aromatic heterocycles. The Labute approximate surface area is 128 Å². The number of likely N-dealkylation sites (tertiary alicyclic amines) is 1. The van der Waals surface area contributed by atoms with Crippen LogP contribution in [0, 0.1) is 13.8 Å². The molecular weight excluding hydrogens is 284 g/mol. The van der Waals surface area contributed by atoms with Gasteiger partial charge in [-0.25, -0.2) is 0 Å². The Hall–Kier alpha value is -1.82.